The molecular weight excluding hydrogens is 334 g/mol. The molecule has 0 bridgehead atoms. The molecule has 1 amide bonds. The van der Waals surface area contributed by atoms with Crippen LogP contribution >= 0.6 is 15.9 Å². The summed E-state index contributed by atoms with van der Waals surface area (Å²) in [4.78, 5) is 26.1. The maximum Gasteiger partial charge on any atom is 0.310 e. The SMILES string of the molecule is CCOC(=O)C1CCCN(C(=O)c2ccc(C)c(Br)c2)C1. The van der Waals surface area contributed by atoms with Gasteiger partial charge in [0.2, 0.25) is 0 Å². The number of amides is 1. The van der Waals surface area contributed by atoms with Gasteiger partial charge in [0, 0.05) is 23.1 Å². The number of likely N-dealkylation sites (tertiary alicyclic amines) is 1. The van der Waals surface area contributed by atoms with E-state index in [-0.39, 0.29) is 17.8 Å². The van der Waals surface area contributed by atoms with Crippen LogP contribution in [0.5, 0.6) is 0 Å². The van der Waals surface area contributed by atoms with Crippen LogP contribution in [0.2, 0.25) is 0 Å². The molecule has 0 spiro atoms. The van der Waals surface area contributed by atoms with Crippen molar-refractivity contribution in [3.63, 3.8) is 0 Å². The van der Waals surface area contributed by atoms with Gasteiger partial charge < -0.3 is 9.64 Å². The third-order valence-corrected chi connectivity index (χ3v) is 4.60. The standard InChI is InChI=1S/C16H20BrNO3/c1-3-21-16(20)13-5-4-8-18(10-13)15(19)12-7-6-11(2)14(17)9-12/h6-7,9,13H,3-5,8,10H2,1-2H3. The second-order valence-electron chi connectivity index (χ2n) is 5.31. The number of ether oxygens (including phenoxy) is 1. The van der Waals surface area contributed by atoms with Gasteiger partial charge in [-0.2, -0.15) is 0 Å². The van der Waals surface area contributed by atoms with Crippen LogP contribution in [0.1, 0.15) is 35.7 Å². The van der Waals surface area contributed by atoms with E-state index in [1.807, 2.05) is 25.1 Å². The van der Waals surface area contributed by atoms with Crippen LogP contribution in [0.15, 0.2) is 22.7 Å². The maximum atomic E-state index is 12.5. The molecule has 1 heterocycles. The Bertz CT molecular complexity index is 544. The predicted molar refractivity (Wildman–Crippen MR) is 84.1 cm³/mol. The minimum atomic E-state index is -0.198. The predicted octanol–water partition coefficient (Wildman–Crippen LogP) is 3.17. The quantitative estimate of drug-likeness (QED) is 0.784. The summed E-state index contributed by atoms with van der Waals surface area (Å²) in [5.41, 5.74) is 1.74. The summed E-state index contributed by atoms with van der Waals surface area (Å²) < 4.78 is 5.99. The third kappa shape index (κ3) is 3.84. The third-order valence-electron chi connectivity index (χ3n) is 3.75. The van der Waals surface area contributed by atoms with Gasteiger partial charge in [-0.3, -0.25) is 9.59 Å². The first-order valence-electron chi connectivity index (χ1n) is 7.25. The number of benzene rings is 1. The fraction of sp³-hybridized carbons (Fsp3) is 0.500. The van der Waals surface area contributed by atoms with Crippen molar-refractivity contribution in [2.75, 3.05) is 19.7 Å². The van der Waals surface area contributed by atoms with E-state index in [4.69, 9.17) is 4.74 Å². The number of carbonyl (C=O) groups is 2. The van der Waals surface area contributed by atoms with E-state index in [1.165, 1.54) is 0 Å². The van der Waals surface area contributed by atoms with E-state index in [1.54, 1.807) is 11.8 Å². The average Bonchev–Trinajstić information content (AvgIpc) is 2.49. The number of nitrogens with zero attached hydrogens (tertiary/aromatic N) is 1. The molecule has 0 radical (unpaired) electrons. The molecule has 5 heteroatoms. The molecule has 1 aliphatic heterocycles. The molecule has 0 saturated carbocycles. The van der Waals surface area contributed by atoms with Gasteiger partial charge in [-0.05, 0) is 44.4 Å². The molecule has 21 heavy (non-hydrogen) atoms. The van der Waals surface area contributed by atoms with Gasteiger partial charge in [-0.15, -0.1) is 0 Å². The molecule has 1 aliphatic rings. The van der Waals surface area contributed by atoms with E-state index in [2.05, 4.69) is 15.9 Å². The van der Waals surface area contributed by atoms with Crippen molar-refractivity contribution in [3.8, 4) is 0 Å². The number of hydrogen-bond acceptors (Lipinski definition) is 3. The summed E-state index contributed by atoms with van der Waals surface area (Å²) in [6, 6.07) is 5.59. The molecule has 1 fully saturated rings. The van der Waals surface area contributed by atoms with Gasteiger partial charge >= 0.3 is 5.97 Å². The van der Waals surface area contributed by atoms with Crippen LogP contribution in [0.4, 0.5) is 0 Å². The van der Waals surface area contributed by atoms with Crippen LogP contribution in [-0.4, -0.2) is 36.5 Å². The van der Waals surface area contributed by atoms with E-state index in [0.29, 0.717) is 25.3 Å². The number of aryl methyl sites for hydroxylation is 1. The van der Waals surface area contributed by atoms with E-state index < -0.39 is 0 Å². The first kappa shape index (κ1) is 16.0. The van der Waals surface area contributed by atoms with Gasteiger partial charge in [0.25, 0.3) is 5.91 Å². The zero-order valence-electron chi connectivity index (χ0n) is 12.4. The highest BCUT2D eigenvalue weighted by Gasteiger charge is 2.29. The number of esters is 1. The summed E-state index contributed by atoms with van der Waals surface area (Å²) in [6.45, 7) is 5.31. The van der Waals surface area contributed by atoms with E-state index >= 15 is 0 Å². The minimum Gasteiger partial charge on any atom is -0.466 e. The lowest BCUT2D eigenvalue weighted by atomic mass is 9.97. The van der Waals surface area contributed by atoms with Crippen molar-refractivity contribution >= 4 is 27.8 Å². The van der Waals surface area contributed by atoms with Crippen LogP contribution in [0, 0.1) is 12.8 Å². The zero-order chi connectivity index (χ0) is 15.4. The fourth-order valence-corrected chi connectivity index (χ4v) is 2.90. The maximum absolute atomic E-state index is 12.5. The Morgan fingerprint density at radius 3 is 2.86 bits per heavy atom. The number of carbonyl (C=O) groups excluding carboxylic acids is 2. The Balaban J connectivity index is 2.08. The summed E-state index contributed by atoms with van der Waals surface area (Å²) in [6.07, 6.45) is 1.63. The molecule has 2 rings (SSSR count). The second kappa shape index (κ2) is 7.07. The lowest BCUT2D eigenvalue weighted by Gasteiger charge is -2.31. The first-order valence-corrected chi connectivity index (χ1v) is 8.04. The second-order valence-corrected chi connectivity index (χ2v) is 6.16. The van der Waals surface area contributed by atoms with Gasteiger partial charge in [0.15, 0.2) is 0 Å². The largest absolute Gasteiger partial charge is 0.466 e. The highest BCUT2D eigenvalue weighted by atomic mass is 79.9. The number of piperidine rings is 1. The summed E-state index contributed by atoms with van der Waals surface area (Å²) >= 11 is 3.45. The summed E-state index contributed by atoms with van der Waals surface area (Å²) in [5, 5.41) is 0. The topological polar surface area (TPSA) is 46.6 Å². The van der Waals surface area contributed by atoms with Crippen molar-refractivity contribution in [2.45, 2.75) is 26.7 Å². The van der Waals surface area contributed by atoms with Gasteiger partial charge in [-0.25, -0.2) is 0 Å². The summed E-state index contributed by atoms with van der Waals surface area (Å²) in [5.74, 6) is -0.415. The lowest BCUT2D eigenvalue weighted by molar-refractivity contribution is -0.149. The van der Waals surface area contributed by atoms with Gasteiger partial charge in [0.05, 0.1) is 12.5 Å². The first-order chi connectivity index (χ1) is 10.0. The van der Waals surface area contributed by atoms with Crippen LogP contribution < -0.4 is 0 Å². The van der Waals surface area contributed by atoms with Crippen LogP contribution in [0.3, 0.4) is 0 Å². The molecule has 1 atom stereocenters. The zero-order valence-corrected chi connectivity index (χ0v) is 14.0. The molecule has 1 aromatic carbocycles. The number of hydrogen-bond donors (Lipinski definition) is 0. The highest BCUT2D eigenvalue weighted by Crippen LogP contribution is 2.22. The lowest BCUT2D eigenvalue weighted by Crippen LogP contribution is -2.42. The molecule has 1 unspecified atom stereocenters. The van der Waals surface area contributed by atoms with Crippen LogP contribution in [-0.2, 0) is 9.53 Å². The van der Waals surface area contributed by atoms with Crippen LogP contribution in [0.25, 0.3) is 0 Å². The highest BCUT2D eigenvalue weighted by molar-refractivity contribution is 9.10. The van der Waals surface area contributed by atoms with Gasteiger partial charge in [-0.1, -0.05) is 22.0 Å². The molecule has 0 aromatic heterocycles. The van der Waals surface area contributed by atoms with E-state index in [0.717, 1.165) is 22.9 Å². The molecular formula is C16H20BrNO3. The molecule has 1 saturated heterocycles. The molecule has 0 aliphatic carbocycles. The number of halogens is 1. The molecule has 0 N–H and O–H groups in total. The number of rotatable bonds is 3. The Morgan fingerprint density at radius 1 is 1.43 bits per heavy atom. The Labute approximate surface area is 133 Å². The molecule has 1 aromatic rings. The van der Waals surface area contributed by atoms with Crippen molar-refractivity contribution in [2.24, 2.45) is 5.92 Å². The monoisotopic (exact) mass is 353 g/mol. The summed E-state index contributed by atoms with van der Waals surface area (Å²) in [7, 11) is 0. The smallest absolute Gasteiger partial charge is 0.310 e. The molecule has 114 valence electrons. The van der Waals surface area contributed by atoms with Crippen molar-refractivity contribution in [1.82, 2.24) is 4.90 Å². The normalized spacial score (nSPS) is 18.4. The van der Waals surface area contributed by atoms with Crippen molar-refractivity contribution < 1.29 is 14.3 Å². The van der Waals surface area contributed by atoms with E-state index in [9.17, 15) is 9.59 Å². The Kier molecular flexibility index (Phi) is 5.39. The van der Waals surface area contributed by atoms with Crippen molar-refractivity contribution in [3.05, 3.63) is 33.8 Å². The molecule has 4 nitrogen and oxygen atoms in total. The average molecular weight is 354 g/mol. The van der Waals surface area contributed by atoms with Gasteiger partial charge in [0.1, 0.15) is 0 Å². The van der Waals surface area contributed by atoms with Crippen molar-refractivity contribution in [1.29, 1.82) is 0 Å². The Morgan fingerprint density at radius 2 is 2.19 bits per heavy atom. The minimum absolute atomic E-state index is 0.0234. The fourth-order valence-electron chi connectivity index (χ4n) is 2.52. The Hall–Kier alpha value is -1.36.